The maximum Gasteiger partial charge on any atom is 0.322 e. The maximum atomic E-state index is 13.5. The largest absolute Gasteiger partial charge is 0.497 e. The van der Waals surface area contributed by atoms with Crippen molar-refractivity contribution in [3.63, 3.8) is 0 Å². The number of ether oxygens (including phenoxy) is 2. The van der Waals surface area contributed by atoms with Crippen LogP contribution in [0.4, 0.5) is 14.9 Å². The minimum atomic E-state index is -0.524. The van der Waals surface area contributed by atoms with E-state index < -0.39 is 6.04 Å². The highest BCUT2D eigenvalue weighted by molar-refractivity contribution is 5.92. The number of nitrogens with zero attached hydrogens (tertiary/aromatic N) is 2. The van der Waals surface area contributed by atoms with E-state index >= 15 is 0 Å². The number of benzene rings is 2. The molecule has 1 spiro atoms. The number of anilines is 1. The summed E-state index contributed by atoms with van der Waals surface area (Å²) in [5, 5.41) is 14.5. The van der Waals surface area contributed by atoms with Crippen molar-refractivity contribution in [2.75, 3.05) is 58.4 Å². The summed E-state index contributed by atoms with van der Waals surface area (Å²) in [5.74, 6) is 1.02. The molecule has 1 atom stereocenters. The van der Waals surface area contributed by atoms with Gasteiger partial charge in [0.2, 0.25) is 0 Å². The fourth-order valence-electron chi connectivity index (χ4n) is 6.44. The number of carbonyl (C=O) groups is 1. The molecule has 2 saturated heterocycles. The molecule has 1 aromatic heterocycles. The van der Waals surface area contributed by atoms with Gasteiger partial charge in [-0.15, -0.1) is 0 Å². The van der Waals surface area contributed by atoms with E-state index in [1.807, 2.05) is 12.1 Å². The molecule has 37 heavy (non-hydrogen) atoms. The lowest BCUT2D eigenvalue weighted by Gasteiger charge is -2.56. The highest BCUT2D eigenvalue weighted by Gasteiger charge is 2.54. The van der Waals surface area contributed by atoms with Crippen molar-refractivity contribution in [2.24, 2.45) is 5.92 Å². The van der Waals surface area contributed by atoms with Crippen molar-refractivity contribution in [2.45, 2.75) is 24.3 Å². The van der Waals surface area contributed by atoms with Gasteiger partial charge in [-0.1, -0.05) is 0 Å². The first kappa shape index (κ1) is 24.2. The Bertz CT molecular complexity index is 1280. The van der Waals surface area contributed by atoms with Crippen molar-refractivity contribution < 1.29 is 23.8 Å². The second-order valence-corrected chi connectivity index (χ2v) is 10.6. The van der Waals surface area contributed by atoms with Crippen LogP contribution in [0.2, 0.25) is 0 Å². The number of hydrogen-bond acceptors (Lipinski definition) is 5. The van der Waals surface area contributed by atoms with Gasteiger partial charge in [-0.2, -0.15) is 0 Å². The van der Waals surface area contributed by atoms with E-state index in [2.05, 4.69) is 21.3 Å². The van der Waals surface area contributed by atoms with Crippen LogP contribution in [-0.2, 0) is 10.2 Å². The number of hydrogen-bond donors (Lipinski definition) is 3. The second kappa shape index (κ2) is 9.63. The van der Waals surface area contributed by atoms with Crippen LogP contribution >= 0.6 is 0 Å². The topological polar surface area (TPSA) is 90.1 Å². The molecule has 0 saturated carbocycles. The van der Waals surface area contributed by atoms with Gasteiger partial charge in [-0.3, -0.25) is 0 Å². The number of likely N-dealkylation sites (tertiary alicyclic amines) is 1. The van der Waals surface area contributed by atoms with E-state index in [1.54, 1.807) is 24.1 Å². The number of nitrogens with one attached hydrogen (secondary N) is 2. The molecule has 0 bridgehead atoms. The lowest BCUT2D eigenvalue weighted by molar-refractivity contribution is -0.0119. The number of methoxy groups -OCH3 is 1. The van der Waals surface area contributed by atoms with Gasteiger partial charge in [-0.25, -0.2) is 9.18 Å². The highest BCUT2D eigenvalue weighted by atomic mass is 19.1. The van der Waals surface area contributed by atoms with Crippen molar-refractivity contribution in [1.82, 2.24) is 14.8 Å². The number of fused-ring (bicyclic) bond motifs is 4. The van der Waals surface area contributed by atoms with Crippen LogP contribution in [0.3, 0.4) is 0 Å². The van der Waals surface area contributed by atoms with Crippen LogP contribution in [0, 0.1) is 11.7 Å². The Morgan fingerprint density at radius 1 is 1.19 bits per heavy atom. The summed E-state index contributed by atoms with van der Waals surface area (Å²) in [7, 11) is 1.64. The van der Waals surface area contributed by atoms with Crippen LogP contribution in [0.5, 0.6) is 5.75 Å². The summed E-state index contributed by atoms with van der Waals surface area (Å²) in [5.41, 5.74) is 3.26. The van der Waals surface area contributed by atoms with Crippen LogP contribution in [0.25, 0.3) is 10.9 Å². The Morgan fingerprint density at radius 3 is 2.65 bits per heavy atom. The zero-order valence-electron chi connectivity index (χ0n) is 21.0. The maximum absolute atomic E-state index is 13.5. The average molecular weight is 509 g/mol. The van der Waals surface area contributed by atoms with Crippen molar-refractivity contribution in [3.05, 3.63) is 59.5 Å². The molecule has 3 aliphatic heterocycles. The van der Waals surface area contributed by atoms with Crippen molar-refractivity contribution in [1.29, 1.82) is 0 Å². The lowest BCUT2D eigenvalue weighted by atomic mass is 9.68. The summed E-state index contributed by atoms with van der Waals surface area (Å²) < 4.78 is 24.4. The second-order valence-electron chi connectivity index (χ2n) is 10.6. The number of aliphatic hydroxyl groups is 1. The molecule has 2 amide bonds. The van der Waals surface area contributed by atoms with E-state index in [9.17, 15) is 14.3 Å². The number of aromatic amines is 1. The number of amides is 2. The number of carbonyl (C=O) groups excluding carboxylic acids is 1. The van der Waals surface area contributed by atoms with Gasteiger partial charge < -0.3 is 34.7 Å². The number of aromatic nitrogens is 1. The first-order chi connectivity index (χ1) is 18.0. The van der Waals surface area contributed by atoms with Gasteiger partial charge in [0.1, 0.15) is 11.6 Å². The van der Waals surface area contributed by atoms with Crippen molar-refractivity contribution >= 4 is 22.6 Å². The van der Waals surface area contributed by atoms with E-state index in [0.717, 1.165) is 68.0 Å². The average Bonchev–Trinajstić information content (AvgIpc) is 3.28. The Kier molecular flexibility index (Phi) is 6.30. The Morgan fingerprint density at radius 2 is 1.95 bits per heavy atom. The molecular weight excluding hydrogens is 475 g/mol. The van der Waals surface area contributed by atoms with Crippen LogP contribution in [0.1, 0.15) is 30.1 Å². The molecule has 2 aromatic carbocycles. The molecule has 196 valence electrons. The first-order valence-electron chi connectivity index (χ1n) is 12.9. The van der Waals surface area contributed by atoms with Crippen LogP contribution in [-0.4, -0.2) is 79.0 Å². The van der Waals surface area contributed by atoms with Gasteiger partial charge >= 0.3 is 6.03 Å². The Balaban J connectivity index is 1.34. The fraction of sp³-hybridized carbons (Fsp3) is 0.464. The third-order valence-corrected chi connectivity index (χ3v) is 8.19. The monoisotopic (exact) mass is 508 g/mol. The quantitative estimate of drug-likeness (QED) is 0.487. The van der Waals surface area contributed by atoms with Crippen molar-refractivity contribution in [3.8, 4) is 5.75 Å². The molecule has 3 N–H and O–H groups in total. The van der Waals surface area contributed by atoms with Crippen LogP contribution < -0.4 is 10.1 Å². The summed E-state index contributed by atoms with van der Waals surface area (Å²) in [4.78, 5) is 21.3. The van der Waals surface area contributed by atoms with Crippen LogP contribution in [0.15, 0.2) is 42.5 Å². The minimum absolute atomic E-state index is 0.213. The number of rotatable bonds is 5. The molecule has 0 radical (unpaired) electrons. The number of urea groups is 1. The smallest absolute Gasteiger partial charge is 0.322 e. The van der Waals surface area contributed by atoms with Gasteiger partial charge in [0, 0.05) is 73.2 Å². The van der Waals surface area contributed by atoms with Gasteiger partial charge in [0.15, 0.2) is 0 Å². The zero-order chi connectivity index (χ0) is 25.6. The molecule has 9 heteroatoms. The first-order valence-corrected chi connectivity index (χ1v) is 12.9. The summed E-state index contributed by atoms with van der Waals surface area (Å²) >= 11 is 0. The molecule has 3 aliphatic rings. The SMILES string of the molecule is COc1ccc2c3c([nH]c2c1)[C@H](CO)N(C(=O)Nc1ccc(F)cc1)CC31CN(CC2CCOCC2)C1. The van der Waals surface area contributed by atoms with Gasteiger partial charge in [-0.05, 0) is 60.7 Å². The van der Waals surface area contributed by atoms with E-state index in [-0.39, 0.29) is 23.9 Å². The Labute approximate surface area is 215 Å². The van der Waals surface area contributed by atoms with Gasteiger partial charge in [0.05, 0.1) is 19.8 Å². The summed E-state index contributed by atoms with van der Waals surface area (Å²) in [6.45, 7) is 4.64. The number of H-pyrrole nitrogens is 1. The fourth-order valence-corrected chi connectivity index (χ4v) is 6.44. The third kappa shape index (κ3) is 4.35. The molecule has 3 aromatic rings. The molecular formula is C28H33FN4O4. The molecule has 0 unspecified atom stereocenters. The molecule has 6 rings (SSSR count). The highest BCUT2D eigenvalue weighted by Crippen LogP contribution is 2.49. The third-order valence-electron chi connectivity index (χ3n) is 8.19. The number of aliphatic hydroxyl groups excluding tert-OH is 1. The number of halogens is 1. The summed E-state index contributed by atoms with van der Waals surface area (Å²) in [6, 6.07) is 10.9. The van der Waals surface area contributed by atoms with E-state index in [1.165, 1.54) is 17.7 Å². The molecule has 2 fully saturated rings. The predicted molar refractivity (Wildman–Crippen MR) is 138 cm³/mol. The molecule has 0 aliphatic carbocycles. The molecule has 8 nitrogen and oxygen atoms in total. The van der Waals surface area contributed by atoms with Gasteiger partial charge in [0.25, 0.3) is 0 Å². The van der Waals surface area contributed by atoms with E-state index in [4.69, 9.17) is 9.47 Å². The minimum Gasteiger partial charge on any atom is -0.497 e. The van der Waals surface area contributed by atoms with E-state index in [0.29, 0.717) is 18.2 Å². The zero-order valence-corrected chi connectivity index (χ0v) is 21.0. The summed E-state index contributed by atoms with van der Waals surface area (Å²) in [6.07, 6.45) is 2.17. The standard InChI is InChI=1S/C28H33FN4O4/c1-36-21-6-7-22-23(12-21)31-26-24(14-34)33(27(35)30-20-4-2-19(29)3-5-20)17-28(25(22)26)15-32(16-28)13-18-8-10-37-11-9-18/h2-7,12,18,24,31,34H,8-11,13-17H2,1H3,(H,30,35)/t24-/m0/s1. The lowest BCUT2D eigenvalue weighted by Crippen LogP contribution is -2.67. The predicted octanol–water partition coefficient (Wildman–Crippen LogP) is 3.88. The Hall–Kier alpha value is -3.14. The molecule has 4 heterocycles. The normalized spacial score (nSPS) is 21.6.